The molecule has 2 fully saturated rings. The van der Waals surface area contributed by atoms with E-state index in [9.17, 15) is 13.2 Å². The van der Waals surface area contributed by atoms with Gasteiger partial charge in [-0.25, -0.2) is 13.4 Å². The predicted octanol–water partition coefficient (Wildman–Crippen LogP) is 1.91. The standard InChI is InChI=1S/C20H27N3O5S/c1-29(25,26)22-17-5-3-11-23-18(17)12-27-15-8-6-14(7-9-15)16-4-2-10-21-20(16)28-13-19(23)24/h2,4,10,14-15,18H,3,5-9,11-13H2,1H3/b22-17+. The number of hydrogen-bond acceptors (Lipinski definition) is 6. The van der Waals surface area contributed by atoms with Gasteiger partial charge in [0.1, 0.15) is 0 Å². The highest BCUT2D eigenvalue weighted by Crippen LogP contribution is 2.38. The number of amides is 1. The zero-order valence-corrected chi connectivity index (χ0v) is 17.4. The van der Waals surface area contributed by atoms with E-state index >= 15 is 0 Å². The molecule has 1 aromatic heterocycles. The molecule has 1 saturated heterocycles. The second-order valence-electron chi connectivity index (χ2n) is 8.02. The van der Waals surface area contributed by atoms with E-state index in [1.807, 2.05) is 12.1 Å². The van der Waals surface area contributed by atoms with Crippen LogP contribution in [0.2, 0.25) is 0 Å². The number of ether oxygens (including phenoxy) is 2. The SMILES string of the molecule is CS(=O)(=O)/N=C1\CCCN2C(=O)COc3ncccc3C3CCC(CC3)OCC12. The highest BCUT2D eigenvalue weighted by atomic mass is 32.2. The minimum Gasteiger partial charge on any atom is -0.467 e. The molecule has 3 aliphatic heterocycles. The average Bonchev–Trinajstić information content (AvgIpc) is 2.71. The highest BCUT2D eigenvalue weighted by Gasteiger charge is 2.35. The number of piperidine rings is 1. The summed E-state index contributed by atoms with van der Waals surface area (Å²) >= 11 is 0. The lowest BCUT2D eigenvalue weighted by molar-refractivity contribution is -0.136. The molecule has 158 valence electrons. The Morgan fingerprint density at radius 3 is 2.79 bits per heavy atom. The first kappa shape index (κ1) is 20.3. The molecule has 4 aliphatic rings. The van der Waals surface area contributed by atoms with Gasteiger partial charge in [-0.05, 0) is 50.5 Å². The van der Waals surface area contributed by atoms with Crippen LogP contribution in [0.5, 0.6) is 5.88 Å². The minimum absolute atomic E-state index is 0.103. The molecule has 4 heterocycles. The van der Waals surface area contributed by atoms with Gasteiger partial charge in [0, 0.05) is 18.3 Å². The van der Waals surface area contributed by atoms with Gasteiger partial charge < -0.3 is 14.4 Å². The molecule has 1 aromatic rings. The van der Waals surface area contributed by atoms with Crippen molar-refractivity contribution in [1.29, 1.82) is 0 Å². The van der Waals surface area contributed by atoms with Crippen LogP contribution in [-0.2, 0) is 19.6 Å². The lowest BCUT2D eigenvalue weighted by Gasteiger charge is -2.37. The van der Waals surface area contributed by atoms with Gasteiger partial charge in [0.25, 0.3) is 5.91 Å². The molecule has 0 spiro atoms. The molecule has 5 rings (SSSR count). The fraction of sp³-hybridized carbons (Fsp3) is 0.650. The Balaban J connectivity index is 1.65. The number of nitrogens with zero attached hydrogens (tertiary/aromatic N) is 3. The number of fused-ring (bicyclic) bond motifs is 5. The molecular formula is C20H27N3O5S. The first-order valence-corrected chi connectivity index (χ1v) is 12.0. The number of hydrogen-bond donors (Lipinski definition) is 0. The fourth-order valence-electron chi connectivity index (χ4n) is 4.55. The van der Waals surface area contributed by atoms with Crippen LogP contribution >= 0.6 is 0 Å². The topological polar surface area (TPSA) is 98.2 Å². The van der Waals surface area contributed by atoms with E-state index in [2.05, 4.69) is 9.38 Å². The van der Waals surface area contributed by atoms with Crippen molar-refractivity contribution in [3.05, 3.63) is 23.9 Å². The molecule has 9 heteroatoms. The monoisotopic (exact) mass is 421 g/mol. The maximum atomic E-state index is 13.0. The second-order valence-corrected chi connectivity index (χ2v) is 9.66. The van der Waals surface area contributed by atoms with Crippen molar-refractivity contribution in [3.63, 3.8) is 0 Å². The van der Waals surface area contributed by atoms with Crippen molar-refractivity contribution in [2.45, 2.75) is 56.6 Å². The number of carbonyl (C=O) groups excluding carboxylic acids is 1. The third-order valence-electron chi connectivity index (χ3n) is 5.93. The molecule has 1 unspecified atom stereocenters. The van der Waals surface area contributed by atoms with E-state index in [4.69, 9.17) is 9.47 Å². The molecule has 0 aromatic carbocycles. The van der Waals surface area contributed by atoms with Crippen LogP contribution in [0.1, 0.15) is 50.0 Å². The van der Waals surface area contributed by atoms with E-state index < -0.39 is 16.1 Å². The van der Waals surface area contributed by atoms with Crippen molar-refractivity contribution in [3.8, 4) is 5.88 Å². The Morgan fingerprint density at radius 2 is 2.03 bits per heavy atom. The summed E-state index contributed by atoms with van der Waals surface area (Å²) in [6.07, 6.45) is 7.84. The van der Waals surface area contributed by atoms with Crippen molar-refractivity contribution < 1.29 is 22.7 Å². The normalized spacial score (nSPS) is 29.8. The maximum Gasteiger partial charge on any atom is 0.261 e. The van der Waals surface area contributed by atoms with Crippen molar-refractivity contribution in [2.24, 2.45) is 4.40 Å². The van der Waals surface area contributed by atoms with Crippen LogP contribution in [0.15, 0.2) is 22.7 Å². The Labute approximate surface area is 171 Å². The van der Waals surface area contributed by atoms with Gasteiger partial charge in [-0.2, -0.15) is 4.40 Å². The van der Waals surface area contributed by atoms with Gasteiger partial charge in [-0.1, -0.05) is 6.07 Å². The molecule has 29 heavy (non-hydrogen) atoms. The van der Waals surface area contributed by atoms with Crippen LogP contribution < -0.4 is 4.74 Å². The first-order chi connectivity index (χ1) is 13.9. The first-order valence-electron chi connectivity index (χ1n) is 10.2. The van der Waals surface area contributed by atoms with Gasteiger partial charge >= 0.3 is 0 Å². The zero-order valence-electron chi connectivity index (χ0n) is 16.6. The summed E-state index contributed by atoms with van der Waals surface area (Å²) in [5, 5.41) is 0. The van der Waals surface area contributed by atoms with E-state index in [-0.39, 0.29) is 25.2 Å². The molecule has 2 bridgehead atoms. The fourth-order valence-corrected chi connectivity index (χ4v) is 5.19. The molecule has 1 amide bonds. The summed E-state index contributed by atoms with van der Waals surface area (Å²) in [7, 11) is -3.55. The summed E-state index contributed by atoms with van der Waals surface area (Å²) in [5.74, 6) is 0.657. The Hall–Kier alpha value is -2.00. The molecule has 1 atom stereocenters. The Kier molecular flexibility index (Phi) is 5.87. The quantitative estimate of drug-likeness (QED) is 0.687. The maximum absolute atomic E-state index is 13.0. The molecule has 8 nitrogen and oxygen atoms in total. The summed E-state index contributed by atoms with van der Waals surface area (Å²) in [5.41, 5.74) is 1.54. The van der Waals surface area contributed by atoms with Gasteiger partial charge in [0.15, 0.2) is 6.61 Å². The van der Waals surface area contributed by atoms with Crippen LogP contribution in [0.3, 0.4) is 0 Å². The summed E-state index contributed by atoms with van der Waals surface area (Å²) in [6, 6.07) is 3.45. The lowest BCUT2D eigenvalue weighted by Crippen LogP contribution is -2.53. The number of sulfonamides is 1. The molecule has 1 aliphatic carbocycles. The zero-order chi connectivity index (χ0) is 20.4. The highest BCUT2D eigenvalue weighted by molar-refractivity contribution is 7.89. The van der Waals surface area contributed by atoms with Crippen LogP contribution in [0.25, 0.3) is 0 Å². The number of aromatic nitrogens is 1. The third-order valence-corrected chi connectivity index (χ3v) is 6.50. The van der Waals surface area contributed by atoms with Crippen molar-refractivity contribution >= 4 is 21.6 Å². The van der Waals surface area contributed by atoms with Crippen molar-refractivity contribution in [2.75, 3.05) is 26.0 Å². The number of carbonyl (C=O) groups is 1. The number of pyridine rings is 1. The van der Waals surface area contributed by atoms with E-state index in [0.29, 0.717) is 36.9 Å². The second kappa shape index (κ2) is 8.39. The van der Waals surface area contributed by atoms with Crippen LogP contribution in [0, 0.1) is 0 Å². The Morgan fingerprint density at radius 1 is 1.24 bits per heavy atom. The summed E-state index contributed by atoms with van der Waals surface area (Å²) < 4.78 is 39.5. The molecule has 1 saturated carbocycles. The summed E-state index contributed by atoms with van der Waals surface area (Å²) in [6.45, 7) is 0.658. The summed E-state index contributed by atoms with van der Waals surface area (Å²) in [4.78, 5) is 19.0. The van der Waals surface area contributed by atoms with Gasteiger partial charge in [-0.3, -0.25) is 4.79 Å². The minimum atomic E-state index is -3.55. The Bertz CT molecular complexity index is 893. The average molecular weight is 422 g/mol. The van der Waals surface area contributed by atoms with Gasteiger partial charge in [0.2, 0.25) is 15.9 Å². The largest absolute Gasteiger partial charge is 0.467 e. The smallest absolute Gasteiger partial charge is 0.261 e. The molecule has 0 N–H and O–H groups in total. The molecular weight excluding hydrogens is 394 g/mol. The van der Waals surface area contributed by atoms with Crippen molar-refractivity contribution in [1.82, 2.24) is 9.88 Å². The lowest BCUT2D eigenvalue weighted by atomic mass is 9.83. The van der Waals surface area contributed by atoms with Crippen LogP contribution in [0.4, 0.5) is 0 Å². The van der Waals surface area contributed by atoms with Gasteiger partial charge in [0.05, 0.1) is 30.7 Å². The van der Waals surface area contributed by atoms with E-state index in [0.717, 1.165) is 37.5 Å². The third kappa shape index (κ3) is 4.78. The number of rotatable bonds is 1. The van der Waals surface area contributed by atoms with E-state index in [1.165, 1.54) is 0 Å². The van der Waals surface area contributed by atoms with Crippen LogP contribution in [-0.4, -0.2) is 68.1 Å². The predicted molar refractivity (Wildman–Crippen MR) is 108 cm³/mol. The molecule has 0 radical (unpaired) electrons. The van der Waals surface area contributed by atoms with Gasteiger partial charge in [-0.15, -0.1) is 0 Å². The van der Waals surface area contributed by atoms with E-state index in [1.54, 1.807) is 11.1 Å².